The number of nitrogens with zero attached hydrogens (tertiary/aromatic N) is 1. The minimum atomic E-state index is -0.251. The number of hydrogen-bond donors (Lipinski definition) is 1. The summed E-state index contributed by atoms with van der Waals surface area (Å²) in [5.41, 5.74) is 6.32. The van der Waals surface area contributed by atoms with E-state index in [0.29, 0.717) is 19.6 Å². The summed E-state index contributed by atoms with van der Waals surface area (Å²) in [5, 5.41) is 0. The fourth-order valence-electron chi connectivity index (χ4n) is 1.84. The van der Waals surface area contributed by atoms with Gasteiger partial charge in [-0.3, -0.25) is 9.69 Å². The van der Waals surface area contributed by atoms with Gasteiger partial charge in [0.15, 0.2) is 0 Å². The molecular weight excluding hydrogens is 204 g/mol. The van der Waals surface area contributed by atoms with Crippen molar-refractivity contribution in [1.82, 2.24) is 4.90 Å². The normalized spacial score (nSPS) is 16.0. The van der Waals surface area contributed by atoms with Crippen LogP contribution in [0.25, 0.3) is 0 Å². The van der Waals surface area contributed by atoms with Gasteiger partial charge >= 0.3 is 0 Å². The Morgan fingerprint density at radius 3 is 3.06 bits per heavy atom. The Kier molecular flexibility index (Phi) is 3.41. The number of fused-ring (bicyclic) bond motifs is 1. The van der Waals surface area contributed by atoms with E-state index < -0.39 is 0 Å². The zero-order chi connectivity index (χ0) is 11.4. The van der Waals surface area contributed by atoms with Crippen LogP contribution >= 0.6 is 0 Å². The largest absolute Gasteiger partial charge is 0.492 e. The van der Waals surface area contributed by atoms with Crippen molar-refractivity contribution < 1.29 is 9.53 Å². The molecule has 0 bridgehead atoms. The van der Waals surface area contributed by atoms with Crippen LogP contribution in [0.1, 0.15) is 12.0 Å². The number of primary amides is 1. The number of hydrogen-bond acceptors (Lipinski definition) is 3. The molecule has 0 aliphatic carbocycles. The summed E-state index contributed by atoms with van der Waals surface area (Å²) in [6, 6.07) is 8.00. The maximum atomic E-state index is 10.7. The number of benzene rings is 1. The Bertz CT molecular complexity index is 379. The molecule has 0 unspecified atom stereocenters. The molecule has 0 aromatic heterocycles. The van der Waals surface area contributed by atoms with Gasteiger partial charge in [-0.1, -0.05) is 18.2 Å². The molecule has 86 valence electrons. The molecule has 1 aliphatic rings. The predicted molar refractivity (Wildman–Crippen MR) is 61.0 cm³/mol. The van der Waals surface area contributed by atoms with Crippen molar-refractivity contribution in [3.8, 4) is 5.75 Å². The number of rotatable bonds is 3. The highest BCUT2D eigenvalue weighted by atomic mass is 16.5. The standard InChI is InChI=1S/C12H16N2O2/c13-12(15)5-6-14-7-8-16-11-4-2-1-3-10(11)9-14/h1-4H,5-9H2,(H2,13,15). The van der Waals surface area contributed by atoms with Gasteiger partial charge in [-0.05, 0) is 6.07 Å². The molecule has 0 radical (unpaired) electrons. The summed E-state index contributed by atoms with van der Waals surface area (Å²) in [6.45, 7) is 3.02. The van der Waals surface area contributed by atoms with Crippen molar-refractivity contribution in [3.05, 3.63) is 29.8 Å². The van der Waals surface area contributed by atoms with Crippen LogP contribution in [-0.2, 0) is 11.3 Å². The first-order valence-electron chi connectivity index (χ1n) is 5.47. The molecule has 1 aromatic carbocycles. The Morgan fingerprint density at radius 1 is 1.44 bits per heavy atom. The lowest BCUT2D eigenvalue weighted by Crippen LogP contribution is -2.29. The monoisotopic (exact) mass is 220 g/mol. The van der Waals surface area contributed by atoms with Crippen molar-refractivity contribution in [2.24, 2.45) is 5.73 Å². The van der Waals surface area contributed by atoms with E-state index in [2.05, 4.69) is 11.0 Å². The predicted octanol–water partition coefficient (Wildman–Crippen LogP) is 0.756. The topological polar surface area (TPSA) is 55.6 Å². The molecule has 0 saturated carbocycles. The fraction of sp³-hybridized carbons (Fsp3) is 0.417. The highest BCUT2D eigenvalue weighted by Crippen LogP contribution is 2.22. The van der Waals surface area contributed by atoms with E-state index in [1.54, 1.807) is 0 Å². The molecule has 1 amide bonds. The maximum Gasteiger partial charge on any atom is 0.218 e. The number of carbonyl (C=O) groups is 1. The van der Waals surface area contributed by atoms with Gasteiger partial charge in [0.05, 0.1) is 0 Å². The lowest BCUT2D eigenvalue weighted by molar-refractivity contribution is -0.118. The van der Waals surface area contributed by atoms with Gasteiger partial charge in [0.2, 0.25) is 5.91 Å². The van der Waals surface area contributed by atoms with Crippen LogP contribution in [0.5, 0.6) is 5.75 Å². The first-order chi connectivity index (χ1) is 7.75. The molecule has 16 heavy (non-hydrogen) atoms. The molecule has 0 spiro atoms. The van der Waals surface area contributed by atoms with Crippen molar-refractivity contribution in [2.75, 3.05) is 19.7 Å². The summed E-state index contributed by atoms with van der Waals surface area (Å²) < 4.78 is 5.63. The molecular formula is C12H16N2O2. The second-order valence-corrected chi connectivity index (χ2v) is 3.95. The third-order valence-electron chi connectivity index (χ3n) is 2.71. The highest BCUT2D eigenvalue weighted by Gasteiger charge is 2.14. The van der Waals surface area contributed by atoms with E-state index in [1.165, 1.54) is 5.56 Å². The van der Waals surface area contributed by atoms with Crippen molar-refractivity contribution >= 4 is 5.91 Å². The van der Waals surface area contributed by atoms with E-state index >= 15 is 0 Å². The third-order valence-corrected chi connectivity index (χ3v) is 2.71. The minimum Gasteiger partial charge on any atom is -0.492 e. The molecule has 4 nitrogen and oxygen atoms in total. The number of ether oxygens (including phenoxy) is 1. The van der Waals surface area contributed by atoms with Crippen LogP contribution in [0.4, 0.5) is 0 Å². The number of para-hydroxylation sites is 1. The van der Waals surface area contributed by atoms with E-state index in [-0.39, 0.29) is 5.91 Å². The van der Waals surface area contributed by atoms with Crippen LogP contribution < -0.4 is 10.5 Å². The maximum absolute atomic E-state index is 10.7. The second kappa shape index (κ2) is 4.99. The van der Waals surface area contributed by atoms with Crippen LogP contribution in [0.3, 0.4) is 0 Å². The first kappa shape index (κ1) is 11.0. The molecule has 0 fully saturated rings. The van der Waals surface area contributed by atoms with Gasteiger partial charge in [0.1, 0.15) is 12.4 Å². The van der Waals surface area contributed by atoms with Crippen molar-refractivity contribution in [1.29, 1.82) is 0 Å². The SMILES string of the molecule is NC(=O)CCN1CCOc2ccccc2C1. The molecule has 4 heteroatoms. The number of carbonyl (C=O) groups excluding carboxylic acids is 1. The van der Waals surface area contributed by atoms with Gasteiger partial charge in [0.25, 0.3) is 0 Å². The average Bonchev–Trinajstić information content (AvgIpc) is 2.47. The molecule has 0 saturated heterocycles. The molecule has 2 N–H and O–H groups in total. The van der Waals surface area contributed by atoms with Gasteiger partial charge in [-0.25, -0.2) is 0 Å². The van der Waals surface area contributed by atoms with Crippen LogP contribution in [0, 0.1) is 0 Å². The molecule has 2 rings (SSSR count). The zero-order valence-electron chi connectivity index (χ0n) is 9.19. The number of amides is 1. The molecule has 1 aromatic rings. The van der Waals surface area contributed by atoms with Crippen LogP contribution in [-0.4, -0.2) is 30.5 Å². The molecule has 0 atom stereocenters. The molecule has 1 aliphatic heterocycles. The molecule has 1 heterocycles. The van der Waals surface area contributed by atoms with Crippen LogP contribution in [0.15, 0.2) is 24.3 Å². The van der Waals surface area contributed by atoms with Crippen LogP contribution in [0.2, 0.25) is 0 Å². The van der Waals surface area contributed by atoms with E-state index in [1.807, 2.05) is 18.2 Å². The zero-order valence-corrected chi connectivity index (χ0v) is 9.19. The summed E-state index contributed by atoms with van der Waals surface area (Å²) in [7, 11) is 0. The minimum absolute atomic E-state index is 0.251. The second-order valence-electron chi connectivity index (χ2n) is 3.95. The Balaban J connectivity index is 2.02. The summed E-state index contributed by atoms with van der Waals surface area (Å²) in [6.07, 6.45) is 0.405. The van der Waals surface area contributed by atoms with E-state index in [4.69, 9.17) is 10.5 Å². The van der Waals surface area contributed by atoms with E-state index in [9.17, 15) is 4.79 Å². The lowest BCUT2D eigenvalue weighted by atomic mass is 10.2. The van der Waals surface area contributed by atoms with Gasteiger partial charge in [-0.2, -0.15) is 0 Å². The lowest BCUT2D eigenvalue weighted by Gasteiger charge is -2.17. The summed E-state index contributed by atoms with van der Waals surface area (Å²) in [5.74, 6) is 0.697. The highest BCUT2D eigenvalue weighted by molar-refractivity contribution is 5.73. The Labute approximate surface area is 95.0 Å². The summed E-state index contributed by atoms with van der Waals surface area (Å²) in [4.78, 5) is 12.9. The average molecular weight is 220 g/mol. The fourth-order valence-corrected chi connectivity index (χ4v) is 1.84. The quantitative estimate of drug-likeness (QED) is 0.818. The smallest absolute Gasteiger partial charge is 0.218 e. The van der Waals surface area contributed by atoms with Gasteiger partial charge in [0, 0.05) is 31.6 Å². The Hall–Kier alpha value is -1.55. The van der Waals surface area contributed by atoms with Gasteiger partial charge in [-0.15, -0.1) is 0 Å². The van der Waals surface area contributed by atoms with Crippen molar-refractivity contribution in [3.63, 3.8) is 0 Å². The number of nitrogens with two attached hydrogens (primary N) is 1. The van der Waals surface area contributed by atoms with Gasteiger partial charge < -0.3 is 10.5 Å². The van der Waals surface area contributed by atoms with E-state index in [0.717, 1.165) is 18.8 Å². The third kappa shape index (κ3) is 2.73. The summed E-state index contributed by atoms with van der Waals surface area (Å²) >= 11 is 0. The first-order valence-corrected chi connectivity index (χ1v) is 5.47. The Morgan fingerprint density at radius 2 is 2.25 bits per heavy atom. The van der Waals surface area contributed by atoms with Crippen molar-refractivity contribution in [2.45, 2.75) is 13.0 Å².